The lowest BCUT2D eigenvalue weighted by Crippen LogP contribution is -2.48. The molecule has 0 aliphatic carbocycles. The van der Waals surface area contributed by atoms with E-state index < -0.39 is 11.4 Å². The fourth-order valence-electron chi connectivity index (χ4n) is 1.79. The summed E-state index contributed by atoms with van der Waals surface area (Å²) in [4.78, 5) is 14.2. The number of carbonyl (C=O) groups is 1. The number of halogens is 2. The molecule has 1 aromatic rings. The van der Waals surface area contributed by atoms with Crippen LogP contribution in [0.15, 0.2) is 18.2 Å². The summed E-state index contributed by atoms with van der Waals surface area (Å²) >= 11 is 5.62. The highest BCUT2D eigenvalue weighted by Gasteiger charge is 2.32. The summed E-state index contributed by atoms with van der Waals surface area (Å²) < 4.78 is 13.3. The Balaban J connectivity index is 2.90. The summed E-state index contributed by atoms with van der Waals surface area (Å²) in [6.07, 6.45) is 0.936. The number of carbonyl (C=O) groups excluding carboxylic acids is 1. The third-order valence-electron chi connectivity index (χ3n) is 3.62. The van der Waals surface area contributed by atoms with Gasteiger partial charge in [0.25, 0.3) is 0 Å². The van der Waals surface area contributed by atoms with Crippen molar-refractivity contribution in [2.45, 2.75) is 32.2 Å². The average molecular weight is 272 g/mol. The molecule has 0 amide bonds. The Bertz CT molecular complexity index is 447. The average Bonchev–Trinajstić information content (AvgIpc) is 2.32. The molecule has 0 spiro atoms. The van der Waals surface area contributed by atoms with Crippen LogP contribution in [0.2, 0.25) is 5.02 Å². The molecule has 1 unspecified atom stereocenters. The molecular weight excluding hydrogens is 253 g/mol. The number of ketones is 1. The first-order valence-corrected chi connectivity index (χ1v) is 6.33. The van der Waals surface area contributed by atoms with Crippen molar-refractivity contribution in [1.29, 1.82) is 0 Å². The van der Waals surface area contributed by atoms with Gasteiger partial charge in [-0.05, 0) is 45.1 Å². The molecule has 0 heterocycles. The minimum absolute atomic E-state index is 0.0803. The second-order valence-corrected chi connectivity index (χ2v) is 5.28. The van der Waals surface area contributed by atoms with Crippen molar-refractivity contribution in [1.82, 2.24) is 4.90 Å². The quantitative estimate of drug-likeness (QED) is 0.819. The van der Waals surface area contributed by atoms with E-state index in [0.29, 0.717) is 5.56 Å². The van der Waals surface area contributed by atoms with Gasteiger partial charge >= 0.3 is 0 Å². The van der Waals surface area contributed by atoms with Crippen molar-refractivity contribution in [3.8, 4) is 0 Å². The molecule has 1 rings (SSSR count). The van der Waals surface area contributed by atoms with E-state index in [-0.39, 0.29) is 17.2 Å². The van der Waals surface area contributed by atoms with Gasteiger partial charge in [0.2, 0.25) is 0 Å². The monoisotopic (exact) mass is 271 g/mol. The highest BCUT2D eigenvalue weighted by molar-refractivity contribution is 6.30. The van der Waals surface area contributed by atoms with E-state index in [2.05, 4.69) is 0 Å². The Hall–Kier alpha value is -0.930. The molecule has 0 bridgehead atoms. The number of likely N-dealkylation sites (N-methyl/N-ethyl adjacent to an activating group) is 1. The van der Waals surface area contributed by atoms with E-state index in [4.69, 9.17) is 11.6 Å². The zero-order chi connectivity index (χ0) is 13.9. The predicted molar refractivity (Wildman–Crippen MR) is 72.5 cm³/mol. The first kappa shape index (κ1) is 15.1. The van der Waals surface area contributed by atoms with Crippen molar-refractivity contribution in [2.24, 2.45) is 0 Å². The molecule has 1 aromatic carbocycles. The minimum Gasteiger partial charge on any atom is -0.297 e. The van der Waals surface area contributed by atoms with Crippen LogP contribution in [0.5, 0.6) is 0 Å². The summed E-state index contributed by atoms with van der Waals surface area (Å²) in [5.41, 5.74) is 0.138. The fourth-order valence-corrected chi connectivity index (χ4v) is 1.91. The maximum atomic E-state index is 13.3. The number of hydrogen-bond donors (Lipinski definition) is 0. The second-order valence-electron chi connectivity index (χ2n) is 4.87. The lowest BCUT2D eigenvalue weighted by atomic mass is 9.88. The number of Topliss-reactive ketones (excluding diaryl/α,β-unsaturated/α-hetero) is 1. The largest absolute Gasteiger partial charge is 0.297 e. The van der Waals surface area contributed by atoms with Crippen LogP contribution in [0, 0.1) is 5.82 Å². The Morgan fingerprint density at radius 2 is 2.06 bits per heavy atom. The van der Waals surface area contributed by atoms with Gasteiger partial charge in [0.1, 0.15) is 5.82 Å². The summed E-state index contributed by atoms with van der Waals surface area (Å²) in [6, 6.07) is 4.50. The number of benzene rings is 1. The Labute approximate surface area is 113 Å². The third-order valence-corrected chi connectivity index (χ3v) is 3.93. The highest BCUT2D eigenvalue weighted by Crippen LogP contribution is 2.21. The van der Waals surface area contributed by atoms with E-state index in [9.17, 15) is 9.18 Å². The predicted octanol–water partition coefficient (Wildman–Crippen LogP) is 3.32. The Morgan fingerprint density at radius 3 is 2.50 bits per heavy atom. The van der Waals surface area contributed by atoms with Crippen LogP contribution in [-0.2, 0) is 11.2 Å². The molecule has 1 atom stereocenters. The van der Waals surface area contributed by atoms with E-state index in [0.717, 1.165) is 6.42 Å². The molecule has 0 aliphatic rings. The van der Waals surface area contributed by atoms with Gasteiger partial charge in [-0.3, -0.25) is 9.69 Å². The third kappa shape index (κ3) is 3.09. The zero-order valence-corrected chi connectivity index (χ0v) is 12.0. The molecule has 0 N–H and O–H groups in total. The molecule has 0 radical (unpaired) electrons. The van der Waals surface area contributed by atoms with Gasteiger partial charge in [-0.1, -0.05) is 24.6 Å². The van der Waals surface area contributed by atoms with Gasteiger partial charge in [-0.15, -0.1) is 0 Å². The van der Waals surface area contributed by atoms with Crippen molar-refractivity contribution in [2.75, 3.05) is 14.1 Å². The maximum absolute atomic E-state index is 13.3. The normalized spacial score (nSPS) is 14.6. The fraction of sp³-hybridized carbons (Fsp3) is 0.500. The van der Waals surface area contributed by atoms with Gasteiger partial charge < -0.3 is 0 Å². The summed E-state index contributed by atoms with van der Waals surface area (Å²) in [6.45, 7) is 3.88. The van der Waals surface area contributed by atoms with Crippen LogP contribution in [0.4, 0.5) is 4.39 Å². The van der Waals surface area contributed by atoms with Gasteiger partial charge in [0.15, 0.2) is 5.78 Å². The van der Waals surface area contributed by atoms with E-state index in [1.807, 2.05) is 32.8 Å². The maximum Gasteiger partial charge on any atom is 0.157 e. The van der Waals surface area contributed by atoms with E-state index in [1.54, 1.807) is 6.07 Å². The van der Waals surface area contributed by atoms with Crippen molar-refractivity contribution in [3.05, 3.63) is 34.6 Å². The Kier molecular flexibility index (Phi) is 4.88. The smallest absolute Gasteiger partial charge is 0.157 e. The van der Waals surface area contributed by atoms with E-state index in [1.165, 1.54) is 12.1 Å². The topological polar surface area (TPSA) is 20.3 Å². The van der Waals surface area contributed by atoms with Crippen molar-refractivity contribution >= 4 is 17.4 Å². The van der Waals surface area contributed by atoms with Crippen LogP contribution in [0.25, 0.3) is 0 Å². The van der Waals surface area contributed by atoms with Crippen LogP contribution in [0.3, 0.4) is 0 Å². The van der Waals surface area contributed by atoms with Gasteiger partial charge in [0.05, 0.1) is 10.6 Å². The summed E-state index contributed by atoms with van der Waals surface area (Å²) in [5, 5.41) is 0.0806. The lowest BCUT2D eigenvalue weighted by Gasteiger charge is -2.34. The van der Waals surface area contributed by atoms with Crippen LogP contribution >= 0.6 is 11.6 Å². The van der Waals surface area contributed by atoms with Crippen LogP contribution in [0.1, 0.15) is 25.8 Å². The van der Waals surface area contributed by atoms with Crippen molar-refractivity contribution < 1.29 is 9.18 Å². The number of hydrogen-bond acceptors (Lipinski definition) is 2. The molecule has 4 heteroatoms. The van der Waals surface area contributed by atoms with Crippen molar-refractivity contribution in [3.63, 3.8) is 0 Å². The van der Waals surface area contributed by atoms with E-state index >= 15 is 0 Å². The lowest BCUT2D eigenvalue weighted by molar-refractivity contribution is -0.128. The molecule has 18 heavy (non-hydrogen) atoms. The molecule has 0 saturated carbocycles. The molecule has 0 aromatic heterocycles. The molecule has 100 valence electrons. The standard InChI is InChI=1S/C14H19ClFNO/c1-5-14(2,17(3)4)13(18)9-10-6-7-11(15)12(16)8-10/h6-8H,5,9H2,1-4H3. The first-order valence-electron chi connectivity index (χ1n) is 5.96. The first-order chi connectivity index (χ1) is 8.31. The molecule has 0 fully saturated rings. The Morgan fingerprint density at radius 1 is 1.44 bits per heavy atom. The number of rotatable bonds is 5. The molecule has 0 saturated heterocycles. The SMILES string of the molecule is CCC(C)(C(=O)Cc1ccc(Cl)c(F)c1)N(C)C. The molecule has 2 nitrogen and oxygen atoms in total. The second kappa shape index (κ2) is 5.81. The molecular formula is C14H19ClFNO. The number of nitrogens with zero attached hydrogens (tertiary/aromatic N) is 1. The van der Waals surface area contributed by atoms with Gasteiger partial charge in [-0.25, -0.2) is 4.39 Å². The summed E-state index contributed by atoms with van der Waals surface area (Å²) in [7, 11) is 3.76. The molecule has 0 aliphatic heterocycles. The van der Waals surface area contributed by atoms with Gasteiger partial charge in [0, 0.05) is 6.42 Å². The van der Waals surface area contributed by atoms with Gasteiger partial charge in [-0.2, -0.15) is 0 Å². The van der Waals surface area contributed by atoms with Crippen LogP contribution < -0.4 is 0 Å². The minimum atomic E-state index is -0.518. The zero-order valence-electron chi connectivity index (χ0n) is 11.3. The summed E-state index contributed by atoms with van der Waals surface area (Å²) in [5.74, 6) is -0.401. The highest BCUT2D eigenvalue weighted by atomic mass is 35.5. The van der Waals surface area contributed by atoms with Crippen LogP contribution in [-0.4, -0.2) is 30.3 Å².